The van der Waals surface area contributed by atoms with Crippen molar-refractivity contribution in [2.45, 2.75) is 38.9 Å². The Hall–Kier alpha value is -2.57. The van der Waals surface area contributed by atoms with E-state index in [9.17, 15) is 4.79 Å². The molecule has 0 aromatic heterocycles. The highest BCUT2D eigenvalue weighted by Crippen LogP contribution is 2.31. The van der Waals surface area contributed by atoms with Gasteiger partial charge in [-0.2, -0.15) is 0 Å². The molecule has 2 aromatic carbocycles. The Morgan fingerprint density at radius 3 is 2.54 bits per heavy atom. The van der Waals surface area contributed by atoms with Crippen LogP contribution in [0.5, 0.6) is 5.75 Å². The number of ether oxygens (including phenoxy) is 1. The highest BCUT2D eigenvalue weighted by molar-refractivity contribution is 5.93. The first kappa shape index (κ1) is 18.8. The van der Waals surface area contributed by atoms with Gasteiger partial charge in [0.15, 0.2) is 0 Å². The summed E-state index contributed by atoms with van der Waals surface area (Å²) in [6, 6.07) is 14.8. The summed E-state index contributed by atoms with van der Waals surface area (Å²) in [6.45, 7) is 8.14. The topological polar surface area (TPSA) is 65.0 Å². The smallest absolute Gasteiger partial charge is 0.274 e. The van der Waals surface area contributed by atoms with Crippen LogP contribution >= 0.6 is 0 Å². The van der Waals surface area contributed by atoms with Gasteiger partial charge in [-0.3, -0.25) is 14.9 Å². The number of nitrogens with zero attached hydrogens (tertiary/aromatic N) is 2. The number of benzene rings is 2. The van der Waals surface area contributed by atoms with Crippen molar-refractivity contribution in [1.82, 2.24) is 10.4 Å². The second kappa shape index (κ2) is 7.81. The summed E-state index contributed by atoms with van der Waals surface area (Å²) in [4.78, 5) is 16.5. The van der Waals surface area contributed by atoms with E-state index in [1.165, 1.54) is 11.3 Å². The lowest BCUT2D eigenvalue weighted by Gasteiger charge is -2.45. The second-order valence-electron chi connectivity index (χ2n) is 7.80. The number of fused-ring (bicyclic) bond motifs is 1. The van der Waals surface area contributed by atoms with Gasteiger partial charge in [0.2, 0.25) is 0 Å². The molecular formula is C22H27N3O3. The molecule has 0 bridgehead atoms. The van der Waals surface area contributed by atoms with Crippen LogP contribution in [-0.2, 0) is 13.0 Å². The van der Waals surface area contributed by atoms with E-state index in [1.807, 2.05) is 12.1 Å². The number of hydroxylamine groups is 1. The number of carbonyl (C=O) groups is 1. The molecule has 2 atom stereocenters. The lowest BCUT2D eigenvalue weighted by molar-refractivity contribution is 0.0706. The molecule has 1 saturated heterocycles. The standard InChI is InChI=1S/C22H27N3O3/c1-15-12-24(20-7-8-21-19(11-20)9-10-28-21)13-16(2)25(15)14-17-3-5-18(6-4-17)22(26)23-27/h3-8,11,15-16,27H,9-10,12-14H2,1-2H3,(H,23,26)/t15-,16+. The number of carbonyl (C=O) groups excluding carboxylic acids is 1. The molecule has 148 valence electrons. The fraction of sp³-hybridized carbons (Fsp3) is 0.409. The molecule has 0 unspecified atom stereocenters. The van der Waals surface area contributed by atoms with Crippen LogP contribution < -0.4 is 15.1 Å². The van der Waals surface area contributed by atoms with Crippen LogP contribution in [0.1, 0.15) is 35.3 Å². The molecule has 6 heteroatoms. The highest BCUT2D eigenvalue weighted by Gasteiger charge is 2.30. The molecule has 1 amide bonds. The molecule has 6 nitrogen and oxygen atoms in total. The third-order valence-corrected chi connectivity index (χ3v) is 5.82. The zero-order valence-corrected chi connectivity index (χ0v) is 16.4. The average molecular weight is 381 g/mol. The summed E-state index contributed by atoms with van der Waals surface area (Å²) in [5.74, 6) is 0.545. The van der Waals surface area contributed by atoms with Gasteiger partial charge in [0.05, 0.1) is 6.61 Å². The van der Waals surface area contributed by atoms with Crippen molar-refractivity contribution in [2.24, 2.45) is 0 Å². The van der Waals surface area contributed by atoms with Gasteiger partial charge in [-0.15, -0.1) is 0 Å². The molecule has 0 spiro atoms. The van der Waals surface area contributed by atoms with Gasteiger partial charge in [0.25, 0.3) is 5.91 Å². The summed E-state index contributed by atoms with van der Waals surface area (Å²) < 4.78 is 5.63. The van der Waals surface area contributed by atoms with E-state index in [2.05, 4.69) is 41.8 Å². The molecule has 28 heavy (non-hydrogen) atoms. The SMILES string of the molecule is C[C@@H]1CN(c2ccc3c(c2)CCO3)C[C@H](C)N1Cc1ccc(C(=O)NO)cc1. The lowest BCUT2D eigenvalue weighted by atomic mass is 10.0. The molecule has 0 saturated carbocycles. The second-order valence-corrected chi connectivity index (χ2v) is 7.80. The van der Waals surface area contributed by atoms with E-state index in [-0.39, 0.29) is 0 Å². The van der Waals surface area contributed by atoms with Gasteiger partial charge in [0.1, 0.15) is 5.75 Å². The minimum absolute atomic E-state index is 0.411. The van der Waals surface area contributed by atoms with E-state index in [4.69, 9.17) is 9.94 Å². The van der Waals surface area contributed by atoms with Crippen LogP contribution in [0.4, 0.5) is 5.69 Å². The van der Waals surface area contributed by atoms with E-state index in [0.717, 1.165) is 44.0 Å². The quantitative estimate of drug-likeness (QED) is 0.630. The maximum Gasteiger partial charge on any atom is 0.274 e. The molecule has 0 aliphatic carbocycles. The normalized spacial score (nSPS) is 21.9. The Morgan fingerprint density at radius 1 is 1.14 bits per heavy atom. The van der Waals surface area contributed by atoms with Crippen molar-refractivity contribution < 1.29 is 14.7 Å². The first-order valence-corrected chi connectivity index (χ1v) is 9.85. The Bertz CT molecular complexity index is 841. The summed E-state index contributed by atoms with van der Waals surface area (Å²) >= 11 is 0. The predicted molar refractivity (Wildman–Crippen MR) is 108 cm³/mol. The van der Waals surface area contributed by atoms with E-state index in [1.54, 1.807) is 17.6 Å². The van der Waals surface area contributed by atoms with Crippen LogP contribution in [0.15, 0.2) is 42.5 Å². The van der Waals surface area contributed by atoms with Crippen molar-refractivity contribution in [3.05, 3.63) is 59.2 Å². The van der Waals surface area contributed by atoms with Crippen molar-refractivity contribution in [2.75, 3.05) is 24.6 Å². The van der Waals surface area contributed by atoms with E-state index in [0.29, 0.717) is 17.6 Å². The molecule has 4 rings (SSSR count). The van der Waals surface area contributed by atoms with Crippen molar-refractivity contribution in [3.63, 3.8) is 0 Å². The maximum atomic E-state index is 11.5. The largest absolute Gasteiger partial charge is 0.493 e. The number of hydrogen-bond donors (Lipinski definition) is 2. The Kier molecular flexibility index (Phi) is 5.24. The fourth-order valence-electron chi connectivity index (χ4n) is 4.29. The highest BCUT2D eigenvalue weighted by atomic mass is 16.5. The summed E-state index contributed by atoms with van der Waals surface area (Å²) in [5, 5.41) is 8.74. The molecule has 2 aromatic rings. The van der Waals surface area contributed by atoms with Gasteiger partial charge >= 0.3 is 0 Å². The minimum Gasteiger partial charge on any atom is -0.493 e. The average Bonchev–Trinajstić information content (AvgIpc) is 3.18. The number of rotatable bonds is 4. The Morgan fingerprint density at radius 2 is 1.86 bits per heavy atom. The number of anilines is 1. The molecule has 2 aliphatic heterocycles. The number of hydrogen-bond acceptors (Lipinski definition) is 5. The monoisotopic (exact) mass is 381 g/mol. The minimum atomic E-state index is -0.485. The zero-order chi connectivity index (χ0) is 19.7. The van der Waals surface area contributed by atoms with Gasteiger partial charge in [0, 0.05) is 49.4 Å². The van der Waals surface area contributed by atoms with Crippen LogP contribution in [-0.4, -0.2) is 47.8 Å². The van der Waals surface area contributed by atoms with E-state index >= 15 is 0 Å². The summed E-state index contributed by atoms with van der Waals surface area (Å²) in [6.07, 6.45) is 0.999. The van der Waals surface area contributed by atoms with Crippen molar-refractivity contribution in [1.29, 1.82) is 0 Å². The number of piperazine rings is 1. The maximum absolute atomic E-state index is 11.5. The predicted octanol–water partition coefficient (Wildman–Crippen LogP) is 2.84. The van der Waals surface area contributed by atoms with Crippen molar-refractivity contribution in [3.8, 4) is 5.75 Å². The first-order chi connectivity index (χ1) is 13.5. The third kappa shape index (κ3) is 3.70. The van der Waals surface area contributed by atoms with Gasteiger partial charge < -0.3 is 9.64 Å². The van der Waals surface area contributed by atoms with Crippen LogP contribution in [0, 0.1) is 0 Å². The van der Waals surface area contributed by atoms with Gasteiger partial charge in [-0.1, -0.05) is 12.1 Å². The third-order valence-electron chi connectivity index (χ3n) is 5.82. The lowest BCUT2D eigenvalue weighted by Crippen LogP contribution is -2.56. The van der Waals surface area contributed by atoms with Gasteiger partial charge in [-0.25, -0.2) is 5.48 Å². The van der Waals surface area contributed by atoms with Crippen LogP contribution in [0.2, 0.25) is 0 Å². The molecule has 2 N–H and O–H groups in total. The van der Waals surface area contributed by atoms with E-state index < -0.39 is 5.91 Å². The molecule has 2 aliphatic rings. The van der Waals surface area contributed by atoms with Crippen LogP contribution in [0.3, 0.4) is 0 Å². The van der Waals surface area contributed by atoms with Gasteiger partial charge in [-0.05, 0) is 55.3 Å². The number of nitrogens with one attached hydrogen (secondary N) is 1. The first-order valence-electron chi connectivity index (χ1n) is 9.85. The summed E-state index contributed by atoms with van der Waals surface area (Å²) in [5.41, 5.74) is 5.88. The van der Waals surface area contributed by atoms with Crippen molar-refractivity contribution >= 4 is 11.6 Å². The molecule has 0 radical (unpaired) electrons. The molecule has 1 fully saturated rings. The number of amides is 1. The molecule has 2 heterocycles. The summed E-state index contributed by atoms with van der Waals surface area (Å²) in [7, 11) is 0. The Balaban J connectivity index is 1.43. The Labute approximate surface area is 165 Å². The zero-order valence-electron chi connectivity index (χ0n) is 16.4. The molecular weight excluding hydrogens is 354 g/mol. The van der Waals surface area contributed by atoms with Crippen LogP contribution in [0.25, 0.3) is 0 Å². The fourth-order valence-corrected chi connectivity index (χ4v) is 4.29.